The molecule has 0 radical (unpaired) electrons. The number of hydrogen-bond donors (Lipinski definition) is 1. The molecule has 0 unspecified atom stereocenters. The highest BCUT2D eigenvalue weighted by molar-refractivity contribution is 7.19. The minimum absolute atomic E-state index is 0.285. The monoisotopic (exact) mass is 319 g/mol. The summed E-state index contributed by atoms with van der Waals surface area (Å²) in [5, 5.41) is 7.91. The summed E-state index contributed by atoms with van der Waals surface area (Å²) in [6.07, 6.45) is 0.884. The van der Waals surface area contributed by atoms with Crippen molar-refractivity contribution in [1.29, 1.82) is 0 Å². The zero-order valence-electron chi connectivity index (χ0n) is 10.9. The molecule has 3 aromatic rings. The number of halogens is 2. The molecule has 21 heavy (non-hydrogen) atoms. The van der Waals surface area contributed by atoms with E-state index in [2.05, 4.69) is 10.4 Å². The van der Waals surface area contributed by atoms with Gasteiger partial charge in [-0.15, -0.1) is 11.3 Å². The fraction of sp³-hybridized carbons (Fsp3) is 0.133. The molecule has 0 saturated carbocycles. The van der Waals surface area contributed by atoms with Crippen molar-refractivity contribution >= 4 is 28.8 Å². The van der Waals surface area contributed by atoms with Gasteiger partial charge in [-0.2, -0.15) is 5.10 Å². The van der Waals surface area contributed by atoms with Crippen molar-refractivity contribution in [1.82, 2.24) is 9.78 Å². The van der Waals surface area contributed by atoms with Gasteiger partial charge in [-0.1, -0.05) is 23.7 Å². The van der Waals surface area contributed by atoms with E-state index in [1.807, 2.05) is 18.2 Å². The standard InChI is InChI=1S/C15H11ClFN3S/c16-13-6-5-12(21-13)14-9-7-8-18-15(9)20(19-14)11-4-2-1-3-10(11)17/h1-6,18H,7-8H2. The van der Waals surface area contributed by atoms with Crippen LogP contribution in [0.5, 0.6) is 0 Å². The highest BCUT2D eigenvalue weighted by atomic mass is 35.5. The van der Waals surface area contributed by atoms with Crippen LogP contribution in [0.2, 0.25) is 4.34 Å². The van der Waals surface area contributed by atoms with Crippen LogP contribution in [0, 0.1) is 5.82 Å². The van der Waals surface area contributed by atoms with Gasteiger partial charge in [0.15, 0.2) is 0 Å². The molecule has 3 nitrogen and oxygen atoms in total. The quantitative estimate of drug-likeness (QED) is 0.760. The maximum Gasteiger partial charge on any atom is 0.148 e. The second-order valence-corrected chi connectivity index (χ2v) is 6.53. The maximum atomic E-state index is 14.1. The fourth-order valence-electron chi connectivity index (χ4n) is 2.61. The van der Waals surface area contributed by atoms with E-state index in [0.29, 0.717) is 5.69 Å². The number of rotatable bonds is 2. The first-order valence-corrected chi connectivity index (χ1v) is 7.80. The van der Waals surface area contributed by atoms with E-state index < -0.39 is 0 Å². The molecule has 1 aliphatic rings. The zero-order valence-corrected chi connectivity index (χ0v) is 12.5. The lowest BCUT2D eigenvalue weighted by Gasteiger charge is -2.06. The predicted octanol–water partition coefficient (Wildman–Crippen LogP) is 4.36. The number of aromatic nitrogens is 2. The summed E-state index contributed by atoms with van der Waals surface area (Å²) in [7, 11) is 0. The summed E-state index contributed by atoms with van der Waals surface area (Å²) in [6.45, 7) is 0.841. The first-order chi connectivity index (χ1) is 10.2. The molecule has 0 spiro atoms. The lowest BCUT2D eigenvalue weighted by atomic mass is 10.2. The Morgan fingerprint density at radius 1 is 1.24 bits per heavy atom. The third kappa shape index (κ3) is 2.04. The summed E-state index contributed by atoms with van der Waals surface area (Å²) in [6, 6.07) is 10.5. The van der Waals surface area contributed by atoms with Crippen molar-refractivity contribution in [3.8, 4) is 16.3 Å². The van der Waals surface area contributed by atoms with Crippen molar-refractivity contribution in [3.63, 3.8) is 0 Å². The van der Waals surface area contributed by atoms with Crippen molar-refractivity contribution in [3.05, 3.63) is 52.1 Å². The van der Waals surface area contributed by atoms with Gasteiger partial charge >= 0.3 is 0 Å². The number of hydrogen-bond acceptors (Lipinski definition) is 3. The number of fused-ring (bicyclic) bond motifs is 1. The van der Waals surface area contributed by atoms with Gasteiger partial charge in [0, 0.05) is 12.1 Å². The van der Waals surface area contributed by atoms with Crippen LogP contribution < -0.4 is 5.32 Å². The van der Waals surface area contributed by atoms with E-state index in [1.54, 1.807) is 16.8 Å². The summed E-state index contributed by atoms with van der Waals surface area (Å²) < 4.78 is 16.4. The topological polar surface area (TPSA) is 29.9 Å². The van der Waals surface area contributed by atoms with Gasteiger partial charge in [-0.25, -0.2) is 9.07 Å². The lowest BCUT2D eigenvalue weighted by molar-refractivity contribution is 0.612. The molecule has 0 fully saturated rings. The fourth-order valence-corrected chi connectivity index (χ4v) is 3.67. The normalized spacial score (nSPS) is 13.2. The Morgan fingerprint density at radius 3 is 2.86 bits per heavy atom. The summed E-state index contributed by atoms with van der Waals surface area (Å²) in [4.78, 5) is 1.01. The summed E-state index contributed by atoms with van der Waals surface area (Å²) in [5.74, 6) is 0.590. The first kappa shape index (κ1) is 12.9. The average molecular weight is 320 g/mol. The molecule has 0 saturated heterocycles. The minimum Gasteiger partial charge on any atom is -0.369 e. The van der Waals surface area contributed by atoms with Gasteiger partial charge < -0.3 is 5.32 Å². The Balaban J connectivity index is 1.93. The molecule has 0 bridgehead atoms. The number of nitrogens with zero attached hydrogens (tertiary/aromatic N) is 2. The average Bonchev–Trinajstić information content (AvgIpc) is 3.15. The Kier molecular flexibility index (Phi) is 2.97. The number of anilines is 1. The van der Waals surface area contributed by atoms with Crippen LogP contribution in [0.25, 0.3) is 16.3 Å². The summed E-state index contributed by atoms with van der Waals surface area (Å²) in [5.41, 5.74) is 2.46. The zero-order chi connectivity index (χ0) is 14.4. The Morgan fingerprint density at radius 2 is 2.10 bits per heavy atom. The van der Waals surface area contributed by atoms with E-state index in [0.717, 1.165) is 39.3 Å². The predicted molar refractivity (Wildman–Crippen MR) is 84.0 cm³/mol. The van der Waals surface area contributed by atoms with Crippen LogP contribution >= 0.6 is 22.9 Å². The second kappa shape index (κ2) is 4.86. The van der Waals surface area contributed by atoms with Crippen molar-refractivity contribution in [2.24, 2.45) is 0 Å². The maximum absolute atomic E-state index is 14.1. The molecular weight excluding hydrogens is 309 g/mol. The highest BCUT2D eigenvalue weighted by Gasteiger charge is 2.25. The van der Waals surface area contributed by atoms with Crippen LogP contribution in [-0.2, 0) is 6.42 Å². The Bertz CT molecular complexity index is 824. The molecule has 2 aromatic heterocycles. The smallest absolute Gasteiger partial charge is 0.148 e. The van der Waals surface area contributed by atoms with Gasteiger partial charge in [0.05, 0.1) is 9.21 Å². The lowest BCUT2D eigenvalue weighted by Crippen LogP contribution is -2.05. The van der Waals surface area contributed by atoms with Crippen LogP contribution in [-0.4, -0.2) is 16.3 Å². The third-order valence-electron chi connectivity index (χ3n) is 3.54. The third-order valence-corrected chi connectivity index (χ3v) is 4.78. The molecule has 106 valence electrons. The number of nitrogens with one attached hydrogen (secondary N) is 1. The summed E-state index contributed by atoms with van der Waals surface area (Å²) >= 11 is 7.51. The van der Waals surface area contributed by atoms with E-state index in [-0.39, 0.29) is 5.82 Å². The second-order valence-electron chi connectivity index (χ2n) is 4.82. The molecule has 6 heteroatoms. The molecule has 1 aromatic carbocycles. The van der Waals surface area contributed by atoms with E-state index in [1.165, 1.54) is 17.4 Å². The number of benzene rings is 1. The molecule has 1 aliphatic heterocycles. The van der Waals surface area contributed by atoms with Gasteiger partial charge in [0.1, 0.15) is 23.0 Å². The van der Waals surface area contributed by atoms with Crippen LogP contribution in [0.3, 0.4) is 0 Å². The van der Waals surface area contributed by atoms with Crippen LogP contribution in [0.1, 0.15) is 5.56 Å². The van der Waals surface area contributed by atoms with Gasteiger partial charge in [0.25, 0.3) is 0 Å². The highest BCUT2D eigenvalue weighted by Crippen LogP contribution is 2.38. The molecular formula is C15H11ClFN3S. The van der Waals surface area contributed by atoms with Crippen molar-refractivity contribution in [2.75, 3.05) is 11.9 Å². The van der Waals surface area contributed by atoms with Gasteiger partial charge in [-0.05, 0) is 30.7 Å². The molecule has 4 rings (SSSR count). The van der Waals surface area contributed by atoms with Crippen LogP contribution in [0.4, 0.5) is 10.2 Å². The van der Waals surface area contributed by atoms with Gasteiger partial charge in [0.2, 0.25) is 0 Å². The SMILES string of the molecule is Fc1ccccc1-n1nc(-c2ccc(Cl)s2)c2c1NCC2. The van der Waals surface area contributed by atoms with E-state index in [9.17, 15) is 4.39 Å². The Labute approximate surface area is 130 Å². The molecule has 0 aliphatic carbocycles. The first-order valence-electron chi connectivity index (χ1n) is 6.60. The largest absolute Gasteiger partial charge is 0.369 e. The molecule has 1 N–H and O–H groups in total. The molecule has 0 amide bonds. The van der Waals surface area contributed by atoms with Crippen molar-refractivity contribution < 1.29 is 4.39 Å². The van der Waals surface area contributed by atoms with E-state index >= 15 is 0 Å². The van der Waals surface area contributed by atoms with Gasteiger partial charge in [-0.3, -0.25) is 0 Å². The van der Waals surface area contributed by atoms with Crippen molar-refractivity contribution in [2.45, 2.75) is 6.42 Å². The molecule has 0 atom stereocenters. The van der Waals surface area contributed by atoms with Crippen LogP contribution in [0.15, 0.2) is 36.4 Å². The Hall–Kier alpha value is -1.85. The number of thiophene rings is 1. The van der Waals surface area contributed by atoms with E-state index in [4.69, 9.17) is 11.6 Å². The minimum atomic E-state index is -0.285. The number of para-hydroxylation sites is 1. The molecule has 3 heterocycles.